The number of nitrogens with zero attached hydrogens (tertiary/aromatic N) is 1. The van der Waals surface area contributed by atoms with Crippen molar-refractivity contribution in [3.63, 3.8) is 0 Å². The highest BCUT2D eigenvalue weighted by molar-refractivity contribution is 5.87. The zero-order valence-electron chi connectivity index (χ0n) is 11.8. The Bertz CT molecular complexity index is 535. The summed E-state index contributed by atoms with van der Waals surface area (Å²) in [6.07, 6.45) is 3.31. The standard InChI is InChI=1S/C15H19N3O2.ClH/c19-13-7-3-4-10-18(13)17-15(20)14-12-6-2-1-5-11(12)8-9-16-14;/h1-2,5-6,14,16H,3-4,7-10H2,(H,17,20);1H. The zero-order chi connectivity index (χ0) is 13.9. The molecular formula is C15H20ClN3O2. The van der Waals surface area contributed by atoms with Crippen LogP contribution in [-0.2, 0) is 16.0 Å². The van der Waals surface area contributed by atoms with Gasteiger partial charge in [-0.1, -0.05) is 24.3 Å². The highest BCUT2D eigenvalue weighted by atomic mass is 35.5. The molecule has 1 fully saturated rings. The molecule has 1 aromatic carbocycles. The average Bonchev–Trinajstić information content (AvgIpc) is 2.49. The number of carbonyl (C=O) groups is 2. The summed E-state index contributed by atoms with van der Waals surface area (Å²) in [6, 6.07) is 7.60. The van der Waals surface area contributed by atoms with Gasteiger partial charge < -0.3 is 5.32 Å². The minimum Gasteiger partial charge on any atom is -0.302 e. The normalized spacial score (nSPS) is 21.2. The second kappa shape index (κ2) is 6.91. The van der Waals surface area contributed by atoms with Gasteiger partial charge in [-0.15, -0.1) is 12.4 Å². The fourth-order valence-electron chi connectivity index (χ4n) is 2.86. The highest BCUT2D eigenvalue weighted by Crippen LogP contribution is 2.23. The topological polar surface area (TPSA) is 61.4 Å². The van der Waals surface area contributed by atoms with Crippen LogP contribution >= 0.6 is 12.4 Å². The molecular weight excluding hydrogens is 290 g/mol. The van der Waals surface area contributed by atoms with E-state index in [0.29, 0.717) is 13.0 Å². The van der Waals surface area contributed by atoms with E-state index in [1.54, 1.807) is 0 Å². The minimum atomic E-state index is -0.366. The lowest BCUT2D eigenvalue weighted by Gasteiger charge is -2.31. The molecule has 2 amide bonds. The van der Waals surface area contributed by atoms with Crippen LogP contribution in [0.5, 0.6) is 0 Å². The van der Waals surface area contributed by atoms with E-state index in [2.05, 4.69) is 16.8 Å². The second-order valence-electron chi connectivity index (χ2n) is 5.31. The van der Waals surface area contributed by atoms with Crippen molar-refractivity contribution in [1.82, 2.24) is 15.8 Å². The molecule has 1 atom stereocenters. The molecule has 2 aliphatic heterocycles. The van der Waals surface area contributed by atoms with Crippen LogP contribution in [0.4, 0.5) is 0 Å². The Morgan fingerprint density at radius 2 is 2.05 bits per heavy atom. The number of amides is 2. The molecule has 0 saturated carbocycles. The van der Waals surface area contributed by atoms with Crippen molar-refractivity contribution in [3.8, 4) is 0 Å². The number of hydrazine groups is 1. The molecule has 2 N–H and O–H groups in total. The van der Waals surface area contributed by atoms with Gasteiger partial charge in [-0.25, -0.2) is 0 Å². The molecule has 0 aromatic heterocycles. The maximum Gasteiger partial charge on any atom is 0.260 e. The average molecular weight is 310 g/mol. The Morgan fingerprint density at radius 3 is 2.86 bits per heavy atom. The number of carbonyl (C=O) groups excluding carboxylic acids is 2. The summed E-state index contributed by atoms with van der Waals surface area (Å²) in [5.74, 6) is -0.138. The summed E-state index contributed by atoms with van der Waals surface area (Å²) < 4.78 is 0. The first-order valence-electron chi connectivity index (χ1n) is 7.18. The lowest BCUT2D eigenvalue weighted by Crippen LogP contribution is -2.52. The van der Waals surface area contributed by atoms with Gasteiger partial charge in [0.2, 0.25) is 5.91 Å². The summed E-state index contributed by atoms with van der Waals surface area (Å²) in [7, 11) is 0. The van der Waals surface area contributed by atoms with Crippen molar-refractivity contribution in [2.75, 3.05) is 13.1 Å². The van der Waals surface area contributed by atoms with Gasteiger partial charge in [-0.05, 0) is 30.4 Å². The van der Waals surface area contributed by atoms with Crippen molar-refractivity contribution in [1.29, 1.82) is 0 Å². The maximum absolute atomic E-state index is 12.4. The summed E-state index contributed by atoms with van der Waals surface area (Å²) in [4.78, 5) is 24.2. The predicted molar refractivity (Wildman–Crippen MR) is 81.8 cm³/mol. The molecule has 3 rings (SSSR count). The van der Waals surface area contributed by atoms with E-state index in [9.17, 15) is 9.59 Å². The molecule has 0 aliphatic carbocycles. The third kappa shape index (κ3) is 3.36. The molecule has 2 aliphatic rings. The van der Waals surface area contributed by atoms with Crippen molar-refractivity contribution in [3.05, 3.63) is 35.4 Å². The van der Waals surface area contributed by atoms with E-state index < -0.39 is 0 Å². The Hall–Kier alpha value is -1.59. The van der Waals surface area contributed by atoms with Gasteiger partial charge >= 0.3 is 0 Å². The number of halogens is 1. The number of nitrogens with one attached hydrogen (secondary N) is 2. The summed E-state index contributed by atoms with van der Waals surface area (Å²) in [6.45, 7) is 1.39. The fraction of sp³-hybridized carbons (Fsp3) is 0.467. The fourth-order valence-corrected chi connectivity index (χ4v) is 2.86. The molecule has 2 heterocycles. The van der Waals surface area contributed by atoms with Crippen LogP contribution in [0.15, 0.2) is 24.3 Å². The number of fused-ring (bicyclic) bond motifs is 1. The smallest absolute Gasteiger partial charge is 0.260 e. The molecule has 114 valence electrons. The third-order valence-corrected chi connectivity index (χ3v) is 3.94. The molecule has 1 saturated heterocycles. The molecule has 5 nitrogen and oxygen atoms in total. The van der Waals surface area contributed by atoms with Gasteiger partial charge in [0.25, 0.3) is 5.91 Å². The van der Waals surface area contributed by atoms with Gasteiger partial charge in [0.15, 0.2) is 0 Å². The van der Waals surface area contributed by atoms with Crippen molar-refractivity contribution < 1.29 is 9.59 Å². The molecule has 1 unspecified atom stereocenters. The molecule has 0 spiro atoms. The van der Waals surface area contributed by atoms with Crippen molar-refractivity contribution >= 4 is 24.2 Å². The summed E-state index contributed by atoms with van der Waals surface area (Å²) in [5.41, 5.74) is 4.98. The number of piperidine rings is 1. The number of hydrogen-bond donors (Lipinski definition) is 2. The first-order chi connectivity index (χ1) is 9.75. The Kier molecular flexibility index (Phi) is 5.20. The zero-order valence-corrected chi connectivity index (χ0v) is 12.6. The molecule has 1 aromatic rings. The first-order valence-corrected chi connectivity index (χ1v) is 7.18. The van der Waals surface area contributed by atoms with Gasteiger partial charge in [0.05, 0.1) is 0 Å². The summed E-state index contributed by atoms with van der Waals surface area (Å²) in [5, 5.41) is 4.69. The molecule has 0 bridgehead atoms. The van der Waals surface area contributed by atoms with Crippen LogP contribution in [0.1, 0.15) is 36.4 Å². The number of rotatable bonds is 2. The quantitative estimate of drug-likeness (QED) is 0.866. The molecule has 0 radical (unpaired) electrons. The highest BCUT2D eigenvalue weighted by Gasteiger charge is 2.28. The van der Waals surface area contributed by atoms with Crippen molar-refractivity contribution in [2.45, 2.75) is 31.7 Å². The van der Waals surface area contributed by atoms with Crippen LogP contribution in [0.3, 0.4) is 0 Å². The monoisotopic (exact) mass is 309 g/mol. The van der Waals surface area contributed by atoms with Gasteiger partial charge in [-0.2, -0.15) is 0 Å². The van der Waals surface area contributed by atoms with Gasteiger partial charge in [0.1, 0.15) is 6.04 Å². The van der Waals surface area contributed by atoms with E-state index in [1.807, 2.05) is 18.2 Å². The van der Waals surface area contributed by atoms with E-state index in [-0.39, 0.29) is 30.3 Å². The second-order valence-corrected chi connectivity index (χ2v) is 5.31. The van der Waals surface area contributed by atoms with Crippen molar-refractivity contribution in [2.24, 2.45) is 0 Å². The maximum atomic E-state index is 12.4. The first kappa shape index (κ1) is 15.8. The molecule has 6 heteroatoms. The van der Waals surface area contributed by atoms with E-state index in [1.165, 1.54) is 10.6 Å². The summed E-state index contributed by atoms with van der Waals surface area (Å²) >= 11 is 0. The Balaban J connectivity index is 0.00000161. The predicted octanol–water partition coefficient (Wildman–Crippen LogP) is 1.34. The lowest BCUT2D eigenvalue weighted by molar-refractivity contribution is -0.144. The van der Waals surface area contributed by atoms with E-state index >= 15 is 0 Å². The Labute approximate surface area is 130 Å². The number of hydrogen-bond acceptors (Lipinski definition) is 3. The van der Waals surface area contributed by atoms with E-state index in [0.717, 1.165) is 31.4 Å². The van der Waals surface area contributed by atoms with Gasteiger partial charge in [-0.3, -0.25) is 20.0 Å². The largest absolute Gasteiger partial charge is 0.302 e. The molecule has 21 heavy (non-hydrogen) atoms. The SMILES string of the molecule is Cl.O=C(NN1CCCCC1=O)C1NCCc2ccccc21. The van der Waals surface area contributed by atoms with Crippen LogP contribution < -0.4 is 10.7 Å². The third-order valence-electron chi connectivity index (χ3n) is 3.94. The Morgan fingerprint density at radius 1 is 1.24 bits per heavy atom. The van der Waals surface area contributed by atoms with Crippen LogP contribution in [-0.4, -0.2) is 29.9 Å². The lowest BCUT2D eigenvalue weighted by atomic mass is 9.94. The van der Waals surface area contributed by atoms with Crippen LogP contribution in [0, 0.1) is 0 Å². The van der Waals surface area contributed by atoms with Crippen LogP contribution in [0.25, 0.3) is 0 Å². The van der Waals surface area contributed by atoms with Gasteiger partial charge in [0, 0.05) is 19.5 Å². The van der Waals surface area contributed by atoms with Crippen LogP contribution in [0.2, 0.25) is 0 Å². The minimum absolute atomic E-state index is 0. The number of benzene rings is 1. The van der Waals surface area contributed by atoms with E-state index in [4.69, 9.17) is 0 Å².